The van der Waals surface area contributed by atoms with Gasteiger partial charge in [-0.05, 0) is 44.1 Å². The third kappa shape index (κ3) is 2.38. The van der Waals surface area contributed by atoms with Crippen molar-refractivity contribution in [2.45, 2.75) is 32.2 Å². The molecule has 3 atom stereocenters. The maximum atomic E-state index is 11.1. The zero-order chi connectivity index (χ0) is 14.3. The van der Waals surface area contributed by atoms with E-state index in [1.165, 1.54) is 6.42 Å². The highest BCUT2D eigenvalue weighted by atomic mass is 16.6. The predicted octanol–water partition coefficient (Wildman–Crippen LogP) is 2.47. The SMILES string of the molecule is Cc1ccc(N2C[C@H]3CCC(N)C[C@H]3C2)cc1[N+](=O)[O-]. The second-order valence-corrected chi connectivity index (χ2v) is 6.23. The number of rotatable bonds is 2. The highest BCUT2D eigenvalue weighted by Crippen LogP contribution is 2.38. The molecule has 0 aromatic heterocycles. The van der Waals surface area contributed by atoms with Gasteiger partial charge in [-0.25, -0.2) is 0 Å². The van der Waals surface area contributed by atoms with Gasteiger partial charge in [-0.15, -0.1) is 0 Å². The smallest absolute Gasteiger partial charge is 0.274 e. The highest BCUT2D eigenvalue weighted by Gasteiger charge is 2.37. The Balaban J connectivity index is 1.81. The lowest BCUT2D eigenvalue weighted by atomic mass is 9.79. The maximum absolute atomic E-state index is 11.1. The summed E-state index contributed by atoms with van der Waals surface area (Å²) in [7, 11) is 0. The van der Waals surface area contributed by atoms with Gasteiger partial charge in [-0.1, -0.05) is 6.07 Å². The zero-order valence-electron chi connectivity index (χ0n) is 11.8. The van der Waals surface area contributed by atoms with Crippen molar-refractivity contribution in [2.75, 3.05) is 18.0 Å². The monoisotopic (exact) mass is 275 g/mol. The Morgan fingerprint density at radius 2 is 2.05 bits per heavy atom. The molecule has 1 aromatic rings. The molecular formula is C15H21N3O2. The maximum Gasteiger partial charge on any atom is 0.274 e. The van der Waals surface area contributed by atoms with E-state index in [0.29, 0.717) is 17.9 Å². The number of benzene rings is 1. The van der Waals surface area contributed by atoms with Crippen molar-refractivity contribution in [3.05, 3.63) is 33.9 Å². The van der Waals surface area contributed by atoms with Gasteiger partial charge in [0.05, 0.1) is 4.92 Å². The lowest BCUT2D eigenvalue weighted by molar-refractivity contribution is -0.385. The Morgan fingerprint density at radius 3 is 2.80 bits per heavy atom. The van der Waals surface area contributed by atoms with Crippen LogP contribution in [-0.2, 0) is 0 Å². The summed E-state index contributed by atoms with van der Waals surface area (Å²) >= 11 is 0. The van der Waals surface area contributed by atoms with Crippen LogP contribution in [0, 0.1) is 28.9 Å². The van der Waals surface area contributed by atoms with Crippen LogP contribution < -0.4 is 10.6 Å². The third-order valence-electron chi connectivity index (χ3n) is 4.84. The summed E-state index contributed by atoms with van der Waals surface area (Å²) in [6.07, 6.45) is 3.40. The summed E-state index contributed by atoms with van der Waals surface area (Å²) in [6, 6.07) is 5.90. The first kappa shape index (κ1) is 13.4. The van der Waals surface area contributed by atoms with Crippen LogP contribution >= 0.6 is 0 Å². The lowest BCUT2D eigenvalue weighted by Crippen LogP contribution is -2.32. The van der Waals surface area contributed by atoms with Crippen molar-refractivity contribution in [1.82, 2.24) is 0 Å². The lowest BCUT2D eigenvalue weighted by Gasteiger charge is -2.27. The second kappa shape index (κ2) is 5.05. The fourth-order valence-electron chi connectivity index (χ4n) is 3.67. The number of hydrogen-bond donors (Lipinski definition) is 1. The van der Waals surface area contributed by atoms with Crippen LogP contribution in [0.5, 0.6) is 0 Å². The number of nitro groups is 1. The molecule has 1 saturated heterocycles. The molecule has 0 spiro atoms. The molecule has 108 valence electrons. The quantitative estimate of drug-likeness (QED) is 0.664. The van der Waals surface area contributed by atoms with E-state index in [1.54, 1.807) is 13.0 Å². The molecule has 1 aliphatic heterocycles. The van der Waals surface area contributed by atoms with Crippen molar-refractivity contribution >= 4 is 11.4 Å². The van der Waals surface area contributed by atoms with Gasteiger partial charge in [0.2, 0.25) is 0 Å². The Kier molecular flexibility index (Phi) is 3.38. The Labute approximate surface area is 118 Å². The third-order valence-corrected chi connectivity index (χ3v) is 4.84. The van der Waals surface area contributed by atoms with Gasteiger partial charge in [0.15, 0.2) is 0 Å². The van der Waals surface area contributed by atoms with Crippen molar-refractivity contribution < 1.29 is 4.92 Å². The highest BCUT2D eigenvalue weighted by molar-refractivity contribution is 5.57. The summed E-state index contributed by atoms with van der Waals surface area (Å²) in [5.41, 5.74) is 7.96. The molecule has 2 fully saturated rings. The molecule has 1 aliphatic carbocycles. The topological polar surface area (TPSA) is 72.4 Å². The number of nitrogens with two attached hydrogens (primary N) is 1. The van der Waals surface area contributed by atoms with E-state index in [0.717, 1.165) is 37.2 Å². The molecule has 0 bridgehead atoms. The van der Waals surface area contributed by atoms with Crippen LogP contribution in [0.15, 0.2) is 18.2 Å². The average molecular weight is 275 g/mol. The van der Waals surface area contributed by atoms with Gasteiger partial charge in [0.1, 0.15) is 0 Å². The molecule has 3 rings (SSSR count). The molecule has 1 saturated carbocycles. The number of anilines is 1. The summed E-state index contributed by atoms with van der Waals surface area (Å²) < 4.78 is 0. The van der Waals surface area contributed by atoms with E-state index in [1.807, 2.05) is 12.1 Å². The minimum atomic E-state index is -0.294. The molecule has 20 heavy (non-hydrogen) atoms. The van der Waals surface area contributed by atoms with Crippen LogP contribution in [-0.4, -0.2) is 24.1 Å². The molecule has 1 aromatic carbocycles. The summed E-state index contributed by atoms with van der Waals surface area (Å²) in [5, 5.41) is 11.1. The van der Waals surface area contributed by atoms with Gasteiger partial charge >= 0.3 is 0 Å². The summed E-state index contributed by atoms with van der Waals surface area (Å²) in [4.78, 5) is 13.1. The standard InChI is InChI=1S/C15H21N3O2/c1-10-2-5-14(7-15(10)18(19)20)17-8-11-3-4-13(16)6-12(11)9-17/h2,5,7,11-13H,3-4,6,8-9,16H2,1H3/t11-,12+,13?/m1/s1. The first-order chi connectivity index (χ1) is 9.54. The van der Waals surface area contributed by atoms with Crippen molar-refractivity contribution in [3.63, 3.8) is 0 Å². The fraction of sp³-hybridized carbons (Fsp3) is 0.600. The number of fused-ring (bicyclic) bond motifs is 1. The van der Waals surface area contributed by atoms with Gasteiger partial charge in [-0.3, -0.25) is 10.1 Å². The van der Waals surface area contributed by atoms with Crippen LogP contribution in [0.25, 0.3) is 0 Å². The van der Waals surface area contributed by atoms with E-state index >= 15 is 0 Å². The minimum absolute atomic E-state index is 0.217. The summed E-state index contributed by atoms with van der Waals surface area (Å²) in [5.74, 6) is 1.36. The Morgan fingerprint density at radius 1 is 1.30 bits per heavy atom. The van der Waals surface area contributed by atoms with E-state index in [4.69, 9.17) is 5.73 Å². The molecule has 1 unspecified atom stereocenters. The first-order valence-electron chi connectivity index (χ1n) is 7.30. The van der Waals surface area contributed by atoms with Crippen molar-refractivity contribution in [3.8, 4) is 0 Å². The van der Waals surface area contributed by atoms with Gasteiger partial charge < -0.3 is 10.6 Å². The van der Waals surface area contributed by atoms with E-state index < -0.39 is 0 Å². The second-order valence-electron chi connectivity index (χ2n) is 6.23. The molecule has 0 amide bonds. The largest absolute Gasteiger partial charge is 0.371 e. The van der Waals surface area contributed by atoms with Crippen LogP contribution in [0.1, 0.15) is 24.8 Å². The molecule has 2 N–H and O–H groups in total. The molecular weight excluding hydrogens is 254 g/mol. The molecule has 2 aliphatic rings. The minimum Gasteiger partial charge on any atom is -0.371 e. The summed E-state index contributed by atoms with van der Waals surface area (Å²) in [6.45, 7) is 3.78. The molecule has 5 nitrogen and oxygen atoms in total. The number of nitrogens with zero attached hydrogens (tertiary/aromatic N) is 2. The molecule has 5 heteroatoms. The van der Waals surface area contributed by atoms with E-state index in [-0.39, 0.29) is 10.6 Å². The van der Waals surface area contributed by atoms with E-state index in [2.05, 4.69) is 4.90 Å². The van der Waals surface area contributed by atoms with Gasteiger partial charge in [0.25, 0.3) is 5.69 Å². The Hall–Kier alpha value is -1.62. The Bertz CT molecular complexity index is 532. The zero-order valence-corrected chi connectivity index (χ0v) is 11.8. The number of hydrogen-bond acceptors (Lipinski definition) is 4. The van der Waals surface area contributed by atoms with Crippen LogP contribution in [0.4, 0.5) is 11.4 Å². The normalized spacial score (nSPS) is 29.3. The number of aryl methyl sites for hydroxylation is 1. The average Bonchev–Trinajstić information content (AvgIpc) is 2.81. The van der Waals surface area contributed by atoms with Gasteiger partial charge in [-0.2, -0.15) is 0 Å². The first-order valence-corrected chi connectivity index (χ1v) is 7.30. The predicted molar refractivity (Wildman–Crippen MR) is 78.9 cm³/mol. The fourth-order valence-corrected chi connectivity index (χ4v) is 3.67. The van der Waals surface area contributed by atoms with Crippen LogP contribution in [0.3, 0.4) is 0 Å². The van der Waals surface area contributed by atoms with Crippen molar-refractivity contribution in [1.29, 1.82) is 0 Å². The van der Waals surface area contributed by atoms with E-state index in [9.17, 15) is 10.1 Å². The van der Waals surface area contributed by atoms with Crippen molar-refractivity contribution in [2.24, 2.45) is 17.6 Å². The number of nitro benzene ring substituents is 1. The van der Waals surface area contributed by atoms with Gasteiger partial charge in [0, 0.05) is 36.4 Å². The molecule has 0 radical (unpaired) electrons. The molecule has 1 heterocycles. The van der Waals surface area contributed by atoms with Crippen LogP contribution in [0.2, 0.25) is 0 Å².